The van der Waals surface area contributed by atoms with E-state index in [0.29, 0.717) is 31.6 Å². The maximum atomic E-state index is 12.2. The summed E-state index contributed by atoms with van der Waals surface area (Å²) in [5.41, 5.74) is 0.314. The van der Waals surface area contributed by atoms with Crippen LogP contribution in [0.25, 0.3) is 0 Å². The van der Waals surface area contributed by atoms with Crippen molar-refractivity contribution >= 4 is 10.0 Å². The molecule has 1 N–H and O–H groups in total. The molecule has 1 aromatic rings. The Morgan fingerprint density at radius 1 is 1.47 bits per heavy atom. The van der Waals surface area contributed by atoms with Gasteiger partial charge in [-0.05, 0) is 24.7 Å². The van der Waals surface area contributed by atoms with Crippen LogP contribution in [0, 0.1) is 5.41 Å². The Balaban J connectivity index is 2.00. The highest BCUT2D eigenvalue weighted by atomic mass is 32.2. The second kappa shape index (κ2) is 5.60. The lowest BCUT2D eigenvalue weighted by molar-refractivity contribution is 0.0647. The van der Waals surface area contributed by atoms with E-state index >= 15 is 0 Å². The van der Waals surface area contributed by atoms with Crippen molar-refractivity contribution in [3.8, 4) is 0 Å². The number of aliphatic hydroxyl groups excluding tert-OH is 1. The Hall–Kier alpha value is -0.920. The Morgan fingerprint density at radius 2 is 2.16 bits per heavy atom. The summed E-state index contributed by atoms with van der Waals surface area (Å²) < 4.78 is 30.6. The molecule has 0 saturated carbocycles. The molecule has 108 valence electrons. The average molecular weight is 288 g/mol. The number of aliphatic hydroxyl groups is 1. The van der Waals surface area contributed by atoms with Crippen molar-refractivity contribution in [1.82, 2.24) is 9.46 Å². The molecule has 1 fully saturated rings. The maximum absolute atomic E-state index is 12.2. The summed E-state index contributed by atoms with van der Waals surface area (Å²) >= 11 is 0. The fourth-order valence-corrected chi connectivity index (χ4v) is 3.90. The summed E-state index contributed by atoms with van der Waals surface area (Å²) in [5, 5.41) is 13.1. The molecule has 1 aromatic heterocycles. The van der Waals surface area contributed by atoms with Crippen LogP contribution in [0.2, 0.25) is 0 Å². The Labute approximate surface area is 113 Å². The number of piperidine rings is 1. The van der Waals surface area contributed by atoms with E-state index in [1.807, 2.05) is 6.92 Å². The zero-order chi connectivity index (χ0) is 13.9. The van der Waals surface area contributed by atoms with Crippen molar-refractivity contribution in [2.24, 2.45) is 5.41 Å². The highest BCUT2D eigenvalue weighted by Gasteiger charge is 2.36. The van der Waals surface area contributed by atoms with Crippen molar-refractivity contribution in [2.75, 3.05) is 19.7 Å². The fourth-order valence-electron chi connectivity index (χ4n) is 2.45. The fraction of sp³-hybridized carbons (Fsp3) is 0.750. The lowest BCUT2D eigenvalue weighted by atomic mass is 9.77. The van der Waals surface area contributed by atoms with Gasteiger partial charge in [-0.1, -0.05) is 12.1 Å². The van der Waals surface area contributed by atoms with Gasteiger partial charge < -0.3 is 9.63 Å². The van der Waals surface area contributed by atoms with Gasteiger partial charge in [-0.3, -0.25) is 0 Å². The van der Waals surface area contributed by atoms with Crippen molar-refractivity contribution in [3.63, 3.8) is 0 Å². The van der Waals surface area contributed by atoms with Crippen LogP contribution in [0.1, 0.15) is 31.9 Å². The highest BCUT2D eigenvalue weighted by molar-refractivity contribution is 7.88. The molecule has 0 aromatic carbocycles. The van der Waals surface area contributed by atoms with Crippen LogP contribution in [-0.2, 0) is 15.8 Å². The van der Waals surface area contributed by atoms with Gasteiger partial charge in [-0.2, -0.15) is 0 Å². The zero-order valence-corrected chi connectivity index (χ0v) is 11.9. The molecule has 2 rings (SSSR count). The number of sulfonamides is 1. The molecular formula is C12H20N2O4S. The predicted molar refractivity (Wildman–Crippen MR) is 69.7 cm³/mol. The van der Waals surface area contributed by atoms with E-state index in [9.17, 15) is 13.5 Å². The minimum atomic E-state index is -3.34. The molecule has 19 heavy (non-hydrogen) atoms. The smallest absolute Gasteiger partial charge is 0.219 e. The van der Waals surface area contributed by atoms with E-state index in [1.54, 1.807) is 6.07 Å². The molecular weight excluding hydrogens is 268 g/mol. The van der Waals surface area contributed by atoms with Crippen LogP contribution < -0.4 is 0 Å². The summed E-state index contributed by atoms with van der Waals surface area (Å²) in [6, 6.07) is 1.56. The molecule has 1 saturated heterocycles. The van der Waals surface area contributed by atoms with Gasteiger partial charge in [-0.25, -0.2) is 12.7 Å². The summed E-state index contributed by atoms with van der Waals surface area (Å²) in [6.07, 6.45) is 3.66. The molecule has 6 nitrogen and oxygen atoms in total. The molecule has 1 aliphatic heterocycles. The van der Waals surface area contributed by atoms with Crippen molar-refractivity contribution < 1.29 is 18.0 Å². The van der Waals surface area contributed by atoms with Gasteiger partial charge in [-0.15, -0.1) is 0 Å². The van der Waals surface area contributed by atoms with Crippen LogP contribution in [0.3, 0.4) is 0 Å². The lowest BCUT2D eigenvalue weighted by Crippen LogP contribution is -2.44. The van der Waals surface area contributed by atoms with Crippen LogP contribution >= 0.6 is 0 Å². The van der Waals surface area contributed by atoms with Crippen molar-refractivity contribution in [3.05, 3.63) is 18.0 Å². The Kier molecular flexibility index (Phi) is 4.27. The summed E-state index contributed by atoms with van der Waals surface area (Å²) in [5.74, 6) is -0.123. The number of rotatable bonds is 5. The lowest BCUT2D eigenvalue weighted by Gasteiger charge is -2.39. The Morgan fingerprint density at radius 3 is 2.63 bits per heavy atom. The Bertz CT molecular complexity index is 484. The van der Waals surface area contributed by atoms with E-state index in [1.165, 1.54) is 10.6 Å². The second-order valence-corrected chi connectivity index (χ2v) is 7.13. The first-order chi connectivity index (χ1) is 9.01. The van der Waals surface area contributed by atoms with Gasteiger partial charge in [0, 0.05) is 25.8 Å². The molecule has 1 aliphatic rings. The molecule has 0 atom stereocenters. The van der Waals surface area contributed by atoms with Gasteiger partial charge in [0.2, 0.25) is 10.0 Å². The van der Waals surface area contributed by atoms with Gasteiger partial charge in [0.25, 0.3) is 0 Å². The summed E-state index contributed by atoms with van der Waals surface area (Å²) in [6.45, 7) is 3.10. The van der Waals surface area contributed by atoms with Crippen LogP contribution in [0.15, 0.2) is 16.9 Å². The van der Waals surface area contributed by atoms with Crippen LogP contribution in [0.5, 0.6) is 0 Å². The van der Waals surface area contributed by atoms with E-state index in [4.69, 9.17) is 0 Å². The largest absolute Gasteiger partial charge is 0.396 e. The van der Waals surface area contributed by atoms with Gasteiger partial charge in [0.1, 0.15) is 12.0 Å². The number of aromatic nitrogens is 1. The van der Waals surface area contributed by atoms with Crippen LogP contribution in [-0.4, -0.2) is 42.7 Å². The van der Waals surface area contributed by atoms with E-state index in [0.717, 1.165) is 6.42 Å². The number of hydrogen-bond acceptors (Lipinski definition) is 5. The highest BCUT2D eigenvalue weighted by Crippen LogP contribution is 2.35. The third-order valence-electron chi connectivity index (χ3n) is 4.08. The topological polar surface area (TPSA) is 83.6 Å². The molecule has 0 aliphatic carbocycles. The molecule has 0 amide bonds. The number of hydrogen-bond donors (Lipinski definition) is 1. The van der Waals surface area contributed by atoms with Crippen molar-refractivity contribution in [1.29, 1.82) is 0 Å². The molecule has 7 heteroatoms. The van der Waals surface area contributed by atoms with E-state index < -0.39 is 10.0 Å². The van der Waals surface area contributed by atoms with E-state index in [-0.39, 0.29) is 17.8 Å². The third-order valence-corrected chi connectivity index (χ3v) is 5.90. The average Bonchev–Trinajstić information content (AvgIpc) is 2.91. The first kappa shape index (κ1) is 14.5. The second-order valence-electron chi connectivity index (χ2n) is 5.16. The van der Waals surface area contributed by atoms with Crippen LogP contribution in [0.4, 0.5) is 0 Å². The normalized spacial score (nSPS) is 20.5. The first-order valence-corrected chi connectivity index (χ1v) is 8.10. The van der Waals surface area contributed by atoms with Crippen molar-refractivity contribution in [2.45, 2.75) is 31.9 Å². The van der Waals surface area contributed by atoms with E-state index in [2.05, 4.69) is 9.68 Å². The third kappa shape index (κ3) is 3.16. The SMILES string of the molecule is CCC1(CO)CCN(S(=O)(=O)Cc2ccon2)CC1. The molecule has 0 radical (unpaired) electrons. The zero-order valence-electron chi connectivity index (χ0n) is 11.1. The van der Waals surface area contributed by atoms with Gasteiger partial charge in [0.05, 0.1) is 5.69 Å². The molecule has 0 spiro atoms. The summed E-state index contributed by atoms with van der Waals surface area (Å²) in [7, 11) is -3.34. The minimum absolute atomic E-state index is 0.111. The monoisotopic (exact) mass is 288 g/mol. The standard InChI is InChI=1S/C12H20N2O4S/c1-2-12(10-15)4-6-14(7-5-12)19(16,17)9-11-3-8-18-13-11/h3,8,15H,2,4-7,9-10H2,1H3. The predicted octanol–water partition coefficient (Wildman–Crippen LogP) is 0.989. The molecule has 2 heterocycles. The van der Waals surface area contributed by atoms with Gasteiger partial charge in [0.15, 0.2) is 0 Å². The molecule has 0 unspecified atom stereocenters. The molecule has 0 bridgehead atoms. The first-order valence-electron chi connectivity index (χ1n) is 6.49. The van der Waals surface area contributed by atoms with Gasteiger partial charge >= 0.3 is 0 Å². The summed E-state index contributed by atoms with van der Waals surface area (Å²) in [4.78, 5) is 0. The maximum Gasteiger partial charge on any atom is 0.219 e. The number of nitrogens with zero attached hydrogens (tertiary/aromatic N) is 2. The minimum Gasteiger partial charge on any atom is -0.396 e. The quantitative estimate of drug-likeness (QED) is 0.873.